The summed E-state index contributed by atoms with van der Waals surface area (Å²) < 4.78 is 37.7. The molecule has 1 fully saturated rings. The summed E-state index contributed by atoms with van der Waals surface area (Å²) in [4.78, 5) is 24.1. The number of carbonyl (C=O) groups excluding carboxylic acids is 2. The Bertz CT molecular complexity index is 561. The third kappa shape index (κ3) is 2.05. The van der Waals surface area contributed by atoms with E-state index in [0.717, 1.165) is 12.1 Å². The lowest BCUT2D eigenvalue weighted by Crippen LogP contribution is -2.52. The third-order valence-electron chi connectivity index (χ3n) is 2.63. The average molecular weight is 273 g/mol. The third-order valence-corrected chi connectivity index (χ3v) is 4.15. The zero-order valence-corrected chi connectivity index (χ0v) is 10.2. The standard InChI is InChI=1S/C11H9F2NO3S/c1-6-11(16)14(10(15)5-18(6)17)9-3-2-7(12)4-8(9)13/h2-4,6H,5H2,1H3. The number of carbonyl (C=O) groups is 2. The van der Waals surface area contributed by atoms with Gasteiger partial charge in [0.1, 0.15) is 22.6 Å². The maximum Gasteiger partial charge on any atom is 0.249 e. The Morgan fingerprint density at radius 1 is 1.33 bits per heavy atom. The highest BCUT2D eigenvalue weighted by molar-refractivity contribution is 7.87. The second-order valence-corrected chi connectivity index (χ2v) is 5.59. The molecule has 0 saturated carbocycles. The molecule has 96 valence electrons. The number of nitrogens with zero attached hydrogens (tertiary/aromatic N) is 1. The Hall–Kier alpha value is -1.63. The molecular formula is C11H9F2NO3S. The van der Waals surface area contributed by atoms with Crippen molar-refractivity contribution in [3.63, 3.8) is 0 Å². The summed E-state index contributed by atoms with van der Waals surface area (Å²) in [5, 5.41) is -0.882. The molecule has 7 heteroatoms. The van der Waals surface area contributed by atoms with Gasteiger partial charge in [0, 0.05) is 16.9 Å². The number of benzene rings is 1. The van der Waals surface area contributed by atoms with E-state index in [0.29, 0.717) is 11.0 Å². The molecular weight excluding hydrogens is 264 g/mol. The van der Waals surface area contributed by atoms with Crippen LogP contribution in [0.1, 0.15) is 6.92 Å². The van der Waals surface area contributed by atoms with Crippen molar-refractivity contribution in [3.8, 4) is 0 Å². The van der Waals surface area contributed by atoms with Crippen molar-refractivity contribution < 1.29 is 22.6 Å². The number of hydrogen-bond acceptors (Lipinski definition) is 3. The van der Waals surface area contributed by atoms with E-state index in [9.17, 15) is 22.6 Å². The molecule has 2 amide bonds. The molecule has 2 unspecified atom stereocenters. The SMILES string of the molecule is CC1C(=O)N(c2ccc(F)cc2F)C(=O)CS1=O. The van der Waals surface area contributed by atoms with Gasteiger partial charge >= 0.3 is 0 Å². The molecule has 1 heterocycles. The summed E-state index contributed by atoms with van der Waals surface area (Å²) in [7, 11) is -1.59. The van der Waals surface area contributed by atoms with Crippen LogP contribution >= 0.6 is 0 Å². The summed E-state index contributed by atoms with van der Waals surface area (Å²) in [5.41, 5.74) is -0.310. The summed E-state index contributed by atoms with van der Waals surface area (Å²) in [6.45, 7) is 1.40. The van der Waals surface area contributed by atoms with Crippen molar-refractivity contribution in [2.45, 2.75) is 12.2 Å². The molecule has 2 rings (SSSR count). The molecule has 1 aliphatic heterocycles. The second kappa shape index (κ2) is 4.56. The number of imide groups is 1. The molecule has 18 heavy (non-hydrogen) atoms. The fourth-order valence-electron chi connectivity index (χ4n) is 1.64. The van der Waals surface area contributed by atoms with Crippen LogP contribution in [-0.4, -0.2) is 27.0 Å². The molecule has 0 aromatic heterocycles. The van der Waals surface area contributed by atoms with E-state index in [4.69, 9.17) is 0 Å². The van der Waals surface area contributed by atoms with Crippen LogP contribution in [0.4, 0.5) is 14.5 Å². The Morgan fingerprint density at radius 3 is 2.61 bits per heavy atom. The molecule has 2 atom stereocenters. The van der Waals surface area contributed by atoms with E-state index in [1.165, 1.54) is 6.92 Å². The van der Waals surface area contributed by atoms with E-state index in [1.807, 2.05) is 0 Å². The lowest BCUT2D eigenvalue weighted by Gasteiger charge is -2.28. The zero-order valence-electron chi connectivity index (χ0n) is 9.35. The highest BCUT2D eigenvalue weighted by Gasteiger charge is 2.38. The fourth-order valence-corrected chi connectivity index (χ4v) is 2.60. The van der Waals surface area contributed by atoms with Crippen LogP contribution < -0.4 is 4.90 Å². The molecule has 0 N–H and O–H groups in total. The summed E-state index contributed by atoms with van der Waals surface area (Å²) in [5.74, 6) is -3.64. The van der Waals surface area contributed by atoms with Crippen LogP contribution in [0.3, 0.4) is 0 Å². The van der Waals surface area contributed by atoms with Crippen LogP contribution in [0.2, 0.25) is 0 Å². The predicted octanol–water partition coefficient (Wildman–Crippen LogP) is 0.975. The van der Waals surface area contributed by atoms with Crippen molar-refractivity contribution in [1.29, 1.82) is 0 Å². The first-order chi connectivity index (χ1) is 8.41. The number of anilines is 1. The van der Waals surface area contributed by atoms with Crippen LogP contribution in [0, 0.1) is 11.6 Å². The smallest absolute Gasteiger partial charge is 0.249 e. The predicted molar refractivity (Wildman–Crippen MR) is 61.3 cm³/mol. The van der Waals surface area contributed by atoms with Crippen molar-refractivity contribution >= 4 is 28.3 Å². The molecule has 0 aliphatic carbocycles. The summed E-state index contributed by atoms with van der Waals surface area (Å²) >= 11 is 0. The molecule has 0 bridgehead atoms. The number of hydrogen-bond donors (Lipinski definition) is 0. The van der Waals surface area contributed by atoms with E-state index in [1.54, 1.807) is 0 Å². The van der Waals surface area contributed by atoms with Crippen LogP contribution in [0.15, 0.2) is 18.2 Å². The Labute approximate surface area is 104 Å². The molecule has 0 radical (unpaired) electrons. The topological polar surface area (TPSA) is 54.5 Å². The minimum atomic E-state index is -1.59. The molecule has 1 aromatic carbocycles. The van der Waals surface area contributed by atoms with Crippen LogP contribution in [0.25, 0.3) is 0 Å². The molecule has 1 aromatic rings. The van der Waals surface area contributed by atoms with Gasteiger partial charge in [-0.1, -0.05) is 0 Å². The van der Waals surface area contributed by atoms with Gasteiger partial charge in [0.25, 0.3) is 0 Å². The van der Waals surface area contributed by atoms with E-state index in [-0.39, 0.29) is 11.4 Å². The highest BCUT2D eigenvalue weighted by atomic mass is 32.2. The number of halogens is 2. The summed E-state index contributed by atoms with van der Waals surface area (Å²) in [6, 6.07) is 2.56. The average Bonchev–Trinajstić information content (AvgIpc) is 2.29. The Morgan fingerprint density at radius 2 is 2.00 bits per heavy atom. The normalized spacial score (nSPS) is 24.5. The van der Waals surface area contributed by atoms with Crippen molar-refractivity contribution in [1.82, 2.24) is 0 Å². The number of rotatable bonds is 1. The van der Waals surface area contributed by atoms with Crippen molar-refractivity contribution in [2.75, 3.05) is 10.7 Å². The Kier molecular flexibility index (Phi) is 3.25. The van der Waals surface area contributed by atoms with Crippen molar-refractivity contribution in [2.24, 2.45) is 0 Å². The maximum atomic E-state index is 13.5. The van der Waals surface area contributed by atoms with E-state index in [2.05, 4.69) is 0 Å². The first kappa shape index (κ1) is 12.8. The Balaban J connectivity index is 2.46. The number of amides is 2. The van der Waals surface area contributed by atoms with Gasteiger partial charge in [0.2, 0.25) is 11.8 Å². The van der Waals surface area contributed by atoms with Gasteiger partial charge < -0.3 is 0 Å². The van der Waals surface area contributed by atoms with Crippen molar-refractivity contribution in [3.05, 3.63) is 29.8 Å². The molecule has 0 spiro atoms. The minimum Gasteiger partial charge on any atom is -0.273 e. The van der Waals surface area contributed by atoms with Gasteiger partial charge in [-0.3, -0.25) is 13.8 Å². The molecule has 1 aliphatic rings. The van der Waals surface area contributed by atoms with Gasteiger partial charge in [-0.25, -0.2) is 13.7 Å². The van der Waals surface area contributed by atoms with Gasteiger partial charge in [0.15, 0.2) is 0 Å². The zero-order chi connectivity index (χ0) is 13.4. The summed E-state index contributed by atoms with van der Waals surface area (Å²) in [6.07, 6.45) is 0. The largest absolute Gasteiger partial charge is 0.273 e. The first-order valence-electron chi connectivity index (χ1n) is 5.11. The monoisotopic (exact) mass is 273 g/mol. The minimum absolute atomic E-state index is 0.310. The van der Waals surface area contributed by atoms with Crippen LogP contribution in [0.5, 0.6) is 0 Å². The lowest BCUT2D eigenvalue weighted by atomic mass is 10.2. The van der Waals surface area contributed by atoms with Gasteiger partial charge in [-0.15, -0.1) is 0 Å². The van der Waals surface area contributed by atoms with Crippen LogP contribution in [-0.2, 0) is 20.4 Å². The first-order valence-corrected chi connectivity index (χ1v) is 6.49. The second-order valence-electron chi connectivity index (χ2n) is 3.83. The maximum absolute atomic E-state index is 13.5. The van der Waals surface area contributed by atoms with E-state index < -0.39 is 39.5 Å². The van der Waals surface area contributed by atoms with Gasteiger partial charge in [-0.2, -0.15) is 0 Å². The highest BCUT2D eigenvalue weighted by Crippen LogP contribution is 2.24. The fraction of sp³-hybridized carbons (Fsp3) is 0.273. The van der Waals surface area contributed by atoms with E-state index >= 15 is 0 Å². The lowest BCUT2D eigenvalue weighted by molar-refractivity contribution is -0.125. The van der Waals surface area contributed by atoms with Gasteiger partial charge in [-0.05, 0) is 19.1 Å². The molecule has 4 nitrogen and oxygen atoms in total. The van der Waals surface area contributed by atoms with Gasteiger partial charge in [0.05, 0.1) is 5.69 Å². The quantitative estimate of drug-likeness (QED) is 0.717. The molecule has 1 saturated heterocycles.